The molecule has 2 aromatic heterocycles. The van der Waals surface area contributed by atoms with Crippen molar-refractivity contribution < 1.29 is 22.5 Å². The molecule has 0 spiro atoms. The molecule has 0 aliphatic carbocycles. The second-order valence-corrected chi connectivity index (χ2v) is 7.35. The number of hydrogen-bond acceptors (Lipinski definition) is 7. The van der Waals surface area contributed by atoms with Crippen LogP contribution in [-0.4, -0.2) is 50.1 Å². The quantitative estimate of drug-likeness (QED) is 0.889. The first-order valence-electron chi connectivity index (χ1n) is 6.45. The van der Waals surface area contributed by atoms with Crippen LogP contribution in [0.15, 0.2) is 33.2 Å². The number of nitrogens with one attached hydrogen (secondary N) is 1. The van der Waals surface area contributed by atoms with Crippen LogP contribution >= 0.6 is 11.3 Å². The minimum Gasteiger partial charge on any atom is -0.379 e. The minimum atomic E-state index is -3.59. The van der Waals surface area contributed by atoms with Crippen LogP contribution in [0.5, 0.6) is 0 Å². The van der Waals surface area contributed by atoms with Crippen molar-refractivity contribution in [2.24, 2.45) is 0 Å². The summed E-state index contributed by atoms with van der Waals surface area (Å²) in [6.07, 6.45) is 1.33. The zero-order valence-electron chi connectivity index (χ0n) is 11.4. The first-order valence-corrected chi connectivity index (χ1v) is 8.77. The van der Waals surface area contributed by atoms with E-state index < -0.39 is 15.9 Å². The van der Waals surface area contributed by atoms with Gasteiger partial charge in [0.05, 0.1) is 23.0 Å². The molecule has 118 valence electrons. The summed E-state index contributed by atoms with van der Waals surface area (Å²) in [5, 5.41) is 7.55. The Morgan fingerprint density at radius 2 is 2.14 bits per heavy atom. The van der Waals surface area contributed by atoms with E-state index in [4.69, 9.17) is 4.74 Å². The van der Waals surface area contributed by atoms with E-state index in [1.54, 1.807) is 0 Å². The van der Waals surface area contributed by atoms with Crippen LogP contribution in [0, 0.1) is 0 Å². The predicted molar refractivity (Wildman–Crippen MR) is 78.4 cm³/mol. The summed E-state index contributed by atoms with van der Waals surface area (Å²) in [4.78, 5) is 12.4. The van der Waals surface area contributed by atoms with Crippen molar-refractivity contribution in [1.82, 2.24) is 9.46 Å². The second-order valence-electron chi connectivity index (χ2n) is 4.50. The van der Waals surface area contributed by atoms with Gasteiger partial charge in [-0.05, 0) is 6.07 Å². The molecule has 0 unspecified atom stereocenters. The van der Waals surface area contributed by atoms with E-state index in [0.717, 1.165) is 11.3 Å². The third-order valence-electron chi connectivity index (χ3n) is 3.09. The summed E-state index contributed by atoms with van der Waals surface area (Å²) < 4.78 is 36.0. The molecule has 1 aliphatic rings. The normalized spacial score (nSPS) is 16.5. The fourth-order valence-corrected chi connectivity index (χ4v) is 4.53. The first kappa shape index (κ1) is 15.2. The molecule has 0 bridgehead atoms. The number of ether oxygens (including phenoxy) is 1. The SMILES string of the molecule is O=C(Nc1ccon1)c1cc(S(=O)(=O)N2CCOCC2)cs1. The molecule has 0 radical (unpaired) electrons. The van der Waals surface area contributed by atoms with E-state index in [1.807, 2.05) is 0 Å². The van der Waals surface area contributed by atoms with Crippen LogP contribution in [0.4, 0.5) is 5.82 Å². The highest BCUT2D eigenvalue weighted by Gasteiger charge is 2.28. The standard InChI is InChI=1S/C12H13N3O5S2/c16-12(13-11-1-4-20-14-11)10-7-9(8-21-10)22(17,18)15-2-5-19-6-3-15/h1,4,7-8H,2-3,5-6H2,(H,13,14,16). The van der Waals surface area contributed by atoms with E-state index in [9.17, 15) is 13.2 Å². The Morgan fingerprint density at radius 1 is 1.36 bits per heavy atom. The van der Waals surface area contributed by atoms with Gasteiger partial charge in [0, 0.05) is 24.5 Å². The molecule has 0 aromatic carbocycles. The molecule has 0 atom stereocenters. The number of carbonyl (C=O) groups excluding carboxylic acids is 1. The number of nitrogens with zero attached hydrogens (tertiary/aromatic N) is 2. The van der Waals surface area contributed by atoms with Crippen molar-refractivity contribution >= 4 is 33.1 Å². The number of hydrogen-bond donors (Lipinski definition) is 1. The van der Waals surface area contributed by atoms with E-state index in [1.165, 1.54) is 28.1 Å². The lowest BCUT2D eigenvalue weighted by Gasteiger charge is -2.25. The second kappa shape index (κ2) is 6.16. The lowest BCUT2D eigenvalue weighted by atomic mass is 10.4. The number of rotatable bonds is 4. The maximum absolute atomic E-state index is 12.5. The van der Waals surface area contributed by atoms with Crippen molar-refractivity contribution in [3.05, 3.63) is 28.7 Å². The molecule has 0 saturated carbocycles. The number of aromatic nitrogens is 1. The Hall–Kier alpha value is -1.75. The highest BCUT2D eigenvalue weighted by Crippen LogP contribution is 2.24. The first-order chi connectivity index (χ1) is 10.6. The number of sulfonamides is 1. The number of thiophene rings is 1. The third kappa shape index (κ3) is 3.04. The summed E-state index contributed by atoms with van der Waals surface area (Å²) >= 11 is 1.06. The van der Waals surface area contributed by atoms with E-state index in [-0.39, 0.29) is 15.6 Å². The van der Waals surface area contributed by atoms with Crippen LogP contribution in [0.1, 0.15) is 9.67 Å². The summed E-state index contributed by atoms with van der Waals surface area (Å²) in [6, 6.07) is 2.86. The number of morpholine rings is 1. The number of amides is 1. The van der Waals surface area contributed by atoms with Gasteiger partial charge in [-0.15, -0.1) is 11.3 Å². The molecule has 2 aromatic rings. The van der Waals surface area contributed by atoms with Gasteiger partial charge in [0.1, 0.15) is 6.26 Å². The Morgan fingerprint density at radius 3 is 2.82 bits per heavy atom. The van der Waals surface area contributed by atoms with Crippen LogP contribution in [0.2, 0.25) is 0 Å². The topological polar surface area (TPSA) is 102 Å². The van der Waals surface area contributed by atoms with E-state index in [2.05, 4.69) is 15.0 Å². The summed E-state index contributed by atoms with van der Waals surface area (Å²) in [5.41, 5.74) is 0. The predicted octanol–water partition coefficient (Wildman–Crippen LogP) is 1.01. The van der Waals surface area contributed by atoms with Crippen molar-refractivity contribution in [2.75, 3.05) is 31.6 Å². The van der Waals surface area contributed by atoms with Crippen molar-refractivity contribution in [2.45, 2.75) is 4.90 Å². The van der Waals surface area contributed by atoms with Crippen molar-refractivity contribution in [1.29, 1.82) is 0 Å². The Balaban J connectivity index is 1.76. The number of carbonyl (C=O) groups is 1. The van der Waals surface area contributed by atoms with Gasteiger partial charge in [0.15, 0.2) is 5.82 Å². The lowest BCUT2D eigenvalue weighted by Crippen LogP contribution is -2.40. The van der Waals surface area contributed by atoms with Gasteiger partial charge in [0.2, 0.25) is 10.0 Å². The third-order valence-corrected chi connectivity index (χ3v) is 6.04. The van der Waals surface area contributed by atoms with Crippen LogP contribution < -0.4 is 5.32 Å². The van der Waals surface area contributed by atoms with Crippen LogP contribution in [0.25, 0.3) is 0 Å². The number of anilines is 1. The smallest absolute Gasteiger partial charge is 0.267 e. The molecule has 10 heteroatoms. The maximum atomic E-state index is 12.5. The summed E-state index contributed by atoms with van der Waals surface area (Å²) in [7, 11) is -3.59. The largest absolute Gasteiger partial charge is 0.379 e. The molecule has 1 N–H and O–H groups in total. The maximum Gasteiger partial charge on any atom is 0.267 e. The fraction of sp³-hybridized carbons (Fsp3) is 0.333. The zero-order valence-corrected chi connectivity index (χ0v) is 13.0. The van der Waals surface area contributed by atoms with Gasteiger partial charge >= 0.3 is 0 Å². The molecule has 3 rings (SSSR count). The van der Waals surface area contributed by atoms with E-state index in [0.29, 0.717) is 26.3 Å². The van der Waals surface area contributed by atoms with Crippen molar-refractivity contribution in [3.8, 4) is 0 Å². The molecule has 1 aliphatic heterocycles. The Labute approximate surface area is 130 Å². The van der Waals surface area contributed by atoms with E-state index >= 15 is 0 Å². The Bertz CT molecular complexity index is 748. The van der Waals surface area contributed by atoms with Gasteiger partial charge in [0.25, 0.3) is 5.91 Å². The highest BCUT2D eigenvalue weighted by atomic mass is 32.2. The molecule has 1 amide bonds. The zero-order chi connectivity index (χ0) is 15.6. The molecule has 1 saturated heterocycles. The van der Waals surface area contributed by atoms with Gasteiger partial charge in [-0.2, -0.15) is 4.31 Å². The Kier molecular flexibility index (Phi) is 4.25. The summed E-state index contributed by atoms with van der Waals surface area (Å²) in [5.74, 6) is -0.154. The molecule has 22 heavy (non-hydrogen) atoms. The average Bonchev–Trinajstić information content (AvgIpc) is 3.19. The monoisotopic (exact) mass is 343 g/mol. The molecule has 8 nitrogen and oxygen atoms in total. The molecule has 1 fully saturated rings. The minimum absolute atomic E-state index is 0.115. The summed E-state index contributed by atoms with van der Waals surface area (Å²) in [6.45, 7) is 1.39. The van der Waals surface area contributed by atoms with Crippen LogP contribution in [0.3, 0.4) is 0 Å². The highest BCUT2D eigenvalue weighted by molar-refractivity contribution is 7.89. The van der Waals surface area contributed by atoms with Gasteiger partial charge in [-0.25, -0.2) is 8.42 Å². The fourth-order valence-electron chi connectivity index (χ4n) is 1.96. The lowest BCUT2D eigenvalue weighted by molar-refractivity contribution is 0.0730. The molecular formula is C12H13N3O5S2. The van der Waals surface area contributed by atoms with Gasteiger partial charge < -0.3 is 14.6 Å². The van der Waals surface area contributed by atoms with Crippen molar-refractivity contribution in [3.63, 3.8) is 0 Å². The van der Waals surface area contributed by atoms with Gasteiger partial charge in [-0.1, -0.05) is 5.16 Å². The van der Waals surface area contributed by atoms with Gasteiger partial charge in [-0.3, -0.25) is 4.79 Å². The van der Waals surface area contributed by atoms with Crippen LogP contribution in [-0.2, 0) is 14.8 Å². The average molecular weight is 343 g/mol. The molecular weight excluding hydrogens is 330 g/mol. The molecule has 3 heterocycles.